The minimum Gasteiger partial charge on any atom is -0.326 e. The van der Waals surface area contributed by atoms with Crippen LogP contribution in [0.15, 0.2) is 0 Å². The van der Waals surface area contributed by atoms with Gasteiger partial charge in [-0.25, -0.2) is 0 Å². The van der Waals surface area contributed by atoms with E-state index in [0.717, 1.165) is 0 Å². The van der Waals surface area contributed by atoms with E-state index < -0.39 is 0 Å². The summed E-state index contributed by atoms with van der Waals surface area (Å²) >= 11 is 0. The first-order valence-corrected chi connectivity index (χ1v) is 8.65. The van der Waals surface area contributed by atoms with Crippen molar-refractivity contribution in [2.24, 2.45) is 5.73 Å². The van der Waals surface area contributed by atoms with Gasteiger partial charge in [0.15, 0.2) is 0 Å². The van der Waals surface area contributed by atoms with Crippen molar-refractivity contribution in [1.29, 1.82) is 0 Å². The summed E-state index contributed by atoms with van der Waals surface area (Å²) in [6.45, 7) is 7.28. The fourth-order valence-electron chi connectivity index (χ4n) is 4.33. The number of likely N-dealkylation sites (tertiary alicyclic amines) is 1. The highest BCUT2D eigenvalue weighted by Gasteiger charge is 2.37. The summed E-state index contributed by atoms with van der Waals surface area (Å²) in [4.78, 5) is 2.71. The van der Waals surface area contributed by atoms with Gasteiger partial charge < -0.3 is 16.4 Å². The predicted molar refractivity (Wildman–Crippen MR) is 83.9 cm³/mol. The normalized spacial score (nSPS) is 41.1. The molecule has 1 saturated carbocycles. The molecule has 20 heavy (non-hydrogen) atoms. The quantitative estimate of drug-likeness (QED) is 0.724. The summed E-state index contributed by atoms with van der Waals surface area (Å²) in [6, 6.07) is 1.65. The van der Waals surface area contributed by atoms with Crippen molar-refractivity contribution in [3.05, 3.63) is 0 Å². The van der Waals surface area contributed by atoms with Crippen LogP contribution in [0.4, 0.5) is 0 Å². The van der Waals surface area contributed by atoms with Gasteiger partial charge in [0.1, 0.15) is 0 Å². The van der Waals surface area contributed by atoms with E-state index in [1.807, 2.05) is 0 Å². The Kier molecular flexibility index (Phi) is 4.65. The first kappa shape index (κ1) is 14.8. The molecule has 0 spiro atoms. The van der Waals surface area contributed by atoms with Gasteiger partial charge in [0.2, 0.25) is 0 Å². The van der Waals surface area contributed by atoms with E-state index in [0.29, 0.717) is 23.7 Å². The van der Waals surface area contributed by atoms with Gasteiger partial charge in [0.05, 0.1) is 0 Å². The summed E-state index contributed by atoms with van der Waals surface area (Å²) in [5.74, 6) is 0. The maximum Gasteiger partial charge on any atom is 0.0317 e. The third kappa shape index (κ3) is 3.19. The summed E-state index contributed by atoms with van der Waals surface area (Å²) in [7, 11) is 0. The number of nitrogens with two attached hydrogens (primary N) is 1. The molecule has 3 aliphatic rings. The van der Waals surface area contributed by atoms with Gasteiger partial charge in [-0.2, -0.15) is 0 Å². The molecule has 2 aliphatic heterocycles. The highest BCUT2D eigenvalue weighted by Crippen LogP contribution is 2.27. The van der Waals surface area contributed by atoms with Crippen molar-refractivity contribution in [3.63, 3.8) is 0 Å². The molecule has 0 radical (unpaired) electrons. The van der Waals surface area contributed by atoms with Crippen molar-refractivity contribution in [2.45, 2.75) is 75.5 Å². The maximum atomic E-state index is 6.26. The molecule has 2 heterocycles. The molecule has 0 aromatic heterocycles. The third-order valence-electron chi connectivity index (χ3n) is 5.87. The number of hydrogen-bond donors (Lipinski definition) is 3. The van der Waals surface area contributed by atoms with Gasteiger partial charge in [0.25, 0.3) is 0 Å². The van der Waals surface area contributed by atoms with Gasteiger partial charge >= 0.3 is 0 Å². The third-order valence-corrected chi connectivity index (χ3v) is 5.87. The zero-order valence-electron chi connectivity index (χ0n) is 13.0. The molecule has 3 unspecified atom stereocenters. The molecule has 2 saturated heterocycles. The standard InChI is InChI=1S/C16H32N4/c1-16(8-9-18-12-16)20-10-6-13(7-11-20)19-15-5-3-2-4-14(15)17/h13-15,18-19H,2-12,17H2,1H3. The van der Waals surface area contributed by atoms with Crippen LogP contribution in [0.25, 0.3) is 0 Å². The Morgan fingerprint density at radius 3 is 2.55 bits per heavy atom. The first-order valence-electron chi connectivity index (χ1n) is 8.65. The summed E-state index contributed by atoms with van der Waals surface area (Å²) in [5.41, 5.74) is 6.67. The minimum atomic E-state index is 0.387. The maximum absolute atomic E-state index is 6.26. The monoisotopic (exact) mass is 280 g/mol. The van der Waals surface area contributed by atoms with Gasteiger partial charge in [-0.05, 0) is 45.6 Å². The molecule has 3 fully saturated rings. The zero-order valence-corrected chi connectivity index (χ0v) is 13.0. The van der Waals surface area contributed by atoms with Crippen LogP contribution in [0.3, 0.4) is 0 Å². The predicted octanol–water partition coefficient (Wildman–Crippen LogP) is 1.06. The van der Waals surface area contributed by atoms with E-state index in [-0.39, 0.29) is 0 Å². The summed E-state index contributed by atoms with van der Waals surface area (Å²) in [5, 5.41) is 7.38. The van der Waals surface area contributed by atoms with Gasteiger partial charge in [-0.3, -0.25) is 4.90 Å². The molecular formula is C16H32N4. The molecule has 3 atom stereocenters. The Balaban J connectivity index is 1.46. The molecular weight excluding hydrogens is 248 g/mol. The minimum absolute atomic E-state index is 0.387. The van der Waals surface area contributed by atoms with E-state index in [4.69, 9.17) is 5.73 Å². The lowest BCUT2D eigenvalue weighted by Crippen LogP contribution is -2.57. The van der Waals surface area contributed by atoms with Crippen LogP contribution in [-0.2, 0) is 0 Å². The van der Waals surface area contributed by atoms with E-state index in [2.05, 4.69) is 22.5 Å². The molecule has 0 aromatic carbocycles. The number of rotatable bonds is 3. The van der Waals surface area contributed by atoms with Crippen molar-refractivity contribution < 1.29 is 0 Å². The number of piperidine rings is 1. The van der Waals surface area contributed by atoms with Crippen LogP contribution in [0.5, 0.6) is 0 Å². The highest BCUT2D eigenvalue weighted by atomic mass is 15.2. The number of nitrogens with one attached hydrogen (secondary N) is 2. The van der Waals surface area contributed by atoms with Crippen LogP contribution in [0, 0.1) is 0 Å². The Bertz CT molecular complexity index is 306. The second-order valence-corrected chi connectivity index (χ2v) is 7.41. The van der Waals surface area contributed by atoms with E-state index in [9.17, 15) is 0 Å². The van der Waals surface area contributed by atoms with E-state index >= 15 is 0 Å². The molecule has 0 aromatic rings. The molecule has 3 rings (SSSR count). The molecule has 116 valence electrons. The molecule has 4 nitrogen and oxygen atoms in total. The lowest BCUT2D eigenvalue weighted by molar-refractivity contribution is 0.0792. The van der Waals surface area contributed by atoms with Crippen LogP contribution in [-0.4, -0.2) is 54.7 Å². The average Bonchev–Trinajstić information content (AvgIpc) is 2.90. The van der Waals surface area contributed by atoms with Crippen molar-refractivity contribution in [1.82, 2.24) is 15.5 Å². The van der Waals surface area contributed by atoms with Crippen molar-refractivity contribution >= 4 is 0 Å². The molecule has 4 heteroatoms. The average molecular weight is 280 g/mol. The zero-order chi connectivity index (χ0) is 14.0. The topological polar surface area (TPSA) is 53.3 Å². The lowest BCUT2D eigenvalue weighted by Gasteiger charge is -2.44. The van der Waals surface area contributed by atoms with Crippen molar-refractivity contribution in [3.8, 4) is 0 Å². The van der Waals surface area contributed by atoms with Crippen LogP contribution >= 0.6 is 0 Å². The van der Waals surface area contributed by atoms with Crippen molar-refractivity contribution in [2.75, 3.05) is 26.2 Å². The van der Waals surface area contributed by atoms with Crippen LogP contribution in [0.2, 0.25) is 0 Å². The highest BCUT2D eigenvalue weighted by molar-refractivity contribution is 4.97. The molecule has 0 bridgehead atoms. The second kappa shape index (κ2) is 6.30. The number of hydrogen-bond acceptors (Lipinski definition) is 4. The van der Waals surface area contributed by atoms with Gasteiger partial charge in [0, 0.05) is 43.3 Å². The fourth-order valence-corrected chi connectivity index (χ4v) is 4.33. The Morgan fingerprint density at radius 1 is 1.15 bits per heavy atom. The van der Waals surface area contributed by atoms with E-state index in [1.54, 1.807) is 0 Å². The largest absolute Gasteiger partial charge is 0.326 e. The molecule has 4 N–H and O–H groups in total. The Morgan fingerprint density at radius 2 is 1.90 bits per heavy atom. The van der Waals surface area contributed by atoms with Crippen LogP contribution in [0.1, 0.15) is 51.9 Å². The van der Waals surface area contributed by atoms with Gasteiger partial charge in [-0.1, -0.05) is 12.8 Å². The SMILES string of the molecule is CC1(N2CCC(NC3CCCCC3N)CC2)CCNC1. The van der Waals surface area contributed by atoms with E-state index in [1.165, 1.54) is 71.1 Å². The molecule has 1 aliphatic carbocycles. The summed E-state index contributed by atoms with van der Waals surface area (Å²) < 4.78 is 0. The summed E-state index contributed by atoms with van der Waals surface area (Å²) in [6.07, 6.45) is 9.05. The molecule has 0 amide bonds. The van der Waals surface area contributed by atoms with Crippen LogP contribution < -0.4 is 16.4 Å². The smallest absolute Gasteiger partial charge is 0.0317 e. The fraction of sp³-hybridized carbons (Fsp3) is 1.00. The second-order valence-electron chi connectivity index (χ2n) is 7.41. The lowest BCUT2D eigenvalue weighted by atomic mass is 9.89. The van der Waals surface area contributed by atoms with Gasteiger partial charge in [-0.15, -0.1) is 0 Å². The Labute approximate surface area is 123 Å². The number of nitrogens with zero attached hydrogens (tertiary/aromatic N) is 1. The Hall–Kier alpha value is -0.160. The first-order chi connectivity index (χ1) is 9.67.